The minimum absolute atomic E-state index is 0.0995. The van der Waals surface area contributed by atoms with E-state index in [1.807, 2.05) is 4.90 Å². The first kappa shape index (κ1) is 15.2. The third-order valence-corrected chi connectivity index (χ3v) is 3.65. The lowest BCUT2D eigenvalue weighted by Gasteiger charge is -2.31. The van der Waals surface area contributed by atoms with Gasteiger partial charge in [0, 0.05) is 19.1 Å². The average Bonchev–Trinajstić information content (AvgIpc) is 2.43. The lowest BCUT2D eigenvalue weighted by Crippen LogP contribution is -2.46. The highest BCUT2D eigenvalue weighted by Crippen LogP contribution is 2.13. The molecular weight excluding hydrogens is 270 g/mol. The minimum atomic E-state index is -0.320. The Hall–Kier alpha value is -2.15. The molecule has 114 valence electrons. The first-order valence-corrected chi connectivity index (χ1v) is 6.99. The summed E-state index contributed by atoms with van der Waals surface area (Å²) in [5, 5.41) is 3.00. The lowest BCUT2D eigenvalue weighted by molar-refractivity contribution is -0.119. The summed E-state index contributed by atoms with van der Waals surface area (Å²) in [6.45, 7) is 3.56. The second-order valence-electron chi connectivity index (χ2n) is 5.39. The zero-order valence-corrected chi connectivity index (χ0v) is 12.1. The summed E-state index contributed by atoms with van der Waals surface area (Å²) >= 11 is 0. The van der Waals surface area contributed by atoms with Gasteiger partial charge in [0.15, 0.2) is 0 Å². The zero-order chi connectivity index (χ0) is 15.4. The van der Waals surface area contributed by atoms with Crippen LogP contribution in [0.5, 0.6) is 0 Å². The molecule has 7 nitrogen and oxygen atoms in total. The number of anilines is 1. The van der Waals surface area contributed by atoms with E-state index in [2.05, 4.69) is 10.3 Å². The van der Waals surface area contributed by atoms with Gasteiger partial charge in [0.05, 0.1) is 29.7 Å². The SMILES string of the molecule is Cc1ncc(N)cc1C(=O)NC1CCN(CC(N)=O)CC1. The van der Waals surface area contributed by atoms with Crippen LogP contribution >= 0.6 is 0 Å². The molecule has 2 heterocycles. The van der Waals surface area contributed by atoms with Crippen LogP contribution in [-0.2, 0) is 4.79 Å². The molecule has 0 bridgehead atoms. The number of carbonyl (C=O) groups excluding carboxylic acids is 2. The largest absolute Gasteiger partial charge is 0.397 e. The maximum absolute atomic E-state index is 12.3. The number of hydrogen-bond acceptors (Lipinski definition) is 5. The van der Waals surface area contributed by atoms with Crippen LogP contribution in [0.1, 0.15) is 28.9 Å². The molecule has 0 atom stereocenters. The molecule has 1 aromatic heterocycles. The smallest absolute Gasteiger partial charge is 0.253 e. The van der Waals surface area contributed by atoms with Crippen LogP contribution in [0, 0.1) is 6.92 Å². The van der Waals surface area contributed by atoms with Crippen LogP contribution in [0.2, 0.25) is 0 Å². The molecule has 1 fully saturated rings. The third kappa shape index (κ3) is 4.16. The summed E-state index contributed by atoms with van der Waals surface area (Å²) in [5.74, 6) is -0.473. The Morgan fingerprint density at radius 3 is 2.71 bits per heavy atom. The van der Waals surface area contributed by atoms with Crippen molar-refractivity contribution in [1.82, 2.24) is 15.2 Å². The molecular formula is C14H21N5O2. The van der Waals surface area contributed by atoms with Crippen molar-refractivity contribution in [3.63, 3.8) is 0 Å². The highest BCUT2D eigenvalue weighted by Gasteiger charge is 2.22. The van der Waals surface area contributed by atoms with E-state index in [0.29, 0.717) is 16.9 Å². The third-order valence-electron chi connectivity index (χ3n) is 3.65. The van der Waals surface area contributed by atoms with E-state index in [1.54, 1.807) is 13.0 Å². The van der Waals surface area contributed by atoms with E-state index in [0.717, 1.165) is 25.9 Å². The topological polar surface area (TPSA) is 114 Å². The van der Waals surface area contributed by atoms with Crippen LogP contribution in [-0.4, -0.2) is 47.4 Å². The van der Waals surface area contributed by atoms with Gasteiger partial charge in [-0.3, -0.25) is 19.5 Å². The number of nitrogen functional groups attached to an aromatic ring is 1. The Balaban J connectivity index is 1.90. The van der Waals surface area contributed by atoms with Crippen molar-refractivity contribution in [2.45, 2.75) is 25.8 Å². The monoisotopic (exact) mass is 291 g/mol. The molecule has 1 saturated heterocycles. The molecule has 7 heteroatoms. The van der Waals surface area contributed by atoms with E-state index in [1.165, 1.54) is 6.20 Å². The average molecular weight is 291 g/mol. The summed E-state index contributed by atoms with van der Waals surface area (Å²) in [6, 6.07) is 1.74. The predicted molar refractivity (Wildman–Crippen MR) is 79.5 cm³/mol. The lowest BCUT2D eigenvalue weighted by atomic mass is 10.0. The predicted octanol–water partition coefficient (Wildman–Crippen LogP) is -0.348. The van der Waals surface area contributed by atoms with Crippen LogP contribution in [0.4, 0.5) is 5.69 Å². The number of nitrogens with two attached hydrogens (primary N) is 2. The molecule has 0 radical (unpaired) electrons. The van der Waals surface area contributed by atoms with Crippen molar-refractivity contribution in [2.75, 3.05) is 25.4 Å². The Kier molecular flexibility index (Phi) is 4.74. The van der Waals surface area contributed by atoms with Gasteiger partial charge in [-0.05, 0) is 25.8 Å². The number of aromatic nitrogens is 1. The fourth-order valence-corrected chi connectivity index (χ4v) is 2.50. The van der Waals surface area contributed by atoms with Gasteiger partial charge in [-0.15, -0.1) is 0 Å². The summed E-state index contributed by atoms with van der Waals surface area (Å²) in [4.78, 5) is 29.2. The maximum atomic E-state index is 12.3. The van der Waals surface area contributed by atoms with Crippen LogP contribution in [0.15, 0.2) is 12.3 Å². The van der Waals surface area contributed by atoms with Crippen molar-refractivity contribution in [1.29, 1.82) is 0 Å². The van der Waals surface area contributed by atoms with Crippen LogP contribution < -0.4 is 16.8 Å². The highest BCUT2D eigenvalue weighted by atomic mass is 16.2. The van der Waals surface area contributed by atoms with Crippen molar-refractivity contribution in [3.8, 4) is 0 Å². The molecule has 0 aliphatic carbocycles. The van der Waals surface area contributed by atoms with E-state index in [-0.39, 0.29) is 24.4 Å². The van der Waals surface area contributed by atoms with Gasteiger partial charge in [0.25, 0.3) is 5.91 Å². The Morgan fingerprint density at radius 1 is 1.43 bits per heavy atom. The molecule has 1 aromatic rings. The molecule has 1 aliphatic rings. The Morgan fingerprint density at radius 2 is 2.10 bits per heavy atom. The second kappa shape index (κ2) is 6.53. The van der Waals surface area contributed by atoms with Crippen molar-refractivity contribution in [2.24, 2.45) is 5.73 Å². The molecule has 0 unspecified atom stereocenters. The second-order valence-corrected chi connectivity index (χ2v) is 5.39. The number of primary amides is 1. The van der Waals surface area contributed by atoms with Gasteiger partial charge in [0.2, 0.25) is 5.91 Å². The van der Waals surface area contributed by atoms with Gasteiger partial charge in [-0.2, -0.15) is 0 Å². The molecule has 0 saturated carbocycles. The van der Waals surface area contributed by atoms with E-state index in [9.17, 15) is 9.59 Å². The number of aryl methyl sites for hydroxylation is 1. The fourth-order valence-electron chi connectivity index (χ4n) is 2.50. The number of rotatable bonds is 4. The normalized spacial score (nSPS) is 16.6. The maximum Gasteiger partial charge on any atom is 0.253 e. The number of hydrogen-bond donors (Lipinski definition) is 3. The van der Waals surface area contributed by atoms with Gasteiger partial charge < -0.3 is 16.8 Å². The van der Waals surface area contributed by atoms with Crippen molar-refractivity contribution >= 4 is 17.5 Å². The minimum Gasteiger partial charge on any atom is -0.397 e. The standard InChI is InChI=1S/C14H21N5O2/c1-9-12(6-10(15)7-17-9)14(21)18-11-2-4-19(5-3-11)8-13(16)20/h6-7,11H,2-5,8,15H2,1H3,(H2,16,20)(H,18,21). The first-order chi connectivity index (χ1) is 9.95. The molecule has 2 rings (SSSR count). The molecule has 2 amide bonds. The number of likely N-dealkylation sites (tertiary alicyclic amines) is 1. The number of piperidine rings is 1. The van der Waals surface area contributed by atoms with Crippen molar-refractivity contribution in [3.05, 3.63) is 23.5 Å². The molecule has 1 aliphatic heterocycles. The molecule has 0 aromatic carbocycles. The van der Waals surface area contributed by atoms with Gasteiger partial charge >= 0.3 is 0 Å². The number of amides is 2. The van der Waals surface area contributed by atoms with Crippen molar-refractivity contribution < 1.29 is 9.59 Å². The molecule has 21 heavy (non-hydrogen) atoms. The highest BCUT2D eigenvalue weighted by molar-refractivity contribution is 5.96. The van der Waals surface area contributed by atoms with E-state index in [4.69, 9.17) is 11.5 Å². The number of carbonyl (C=O) groups is 2. The van der Waals surface area contributed by atoms with E-state index >= 15 is 0 Å². The summed E-state index contributed by atoms with van der Waals surface area (Å²) in [7, 11) is 0. The van der Waals surface area contributed by atoms with Gasteiger partial charge in [-0.1, -0.05) is 0 Å². The van der Waals surface area contributed by atoms with Crippen LogP contribution in [0.25, 0.3) is 0 Å². The quantitative estimate of drug-likeness (QED) is 0.701. The fraction of sp³-hybridized carbons (Fsp3) is 0.500. The van der Waals surface area contributed by atoms with Gasteiger partial charge in [0.1, 0.15) is 0 Å². The number of nitrogens with zero attached hydrogens (tertiary/aromatic N) is 2. The molecule has 5 N–H and O–H groups in total. The summed E-state index contributed by atoms with van der Waals surface area (Å²) in [5.41, 5.74) is 12.5. The number of nitrogens with one attached hydrogen (secondary N) is 1. The van der Waals surface area contributed by atoms with E-state index < -0.39 is 0 Å². The zero-order valence-electron chi connectivity index (χ0n) is 12.1. The summed E-state index contributed by atoms with van der Waals surface area (Å²) in [6.07, 6.45) is 3.13. The first-order valence-electron chi connectivity index (χ1n) is 6.99. The summed E-state index contributed by atoms with van der Waals surface area (Å²) < 4.78 is 0. The Labute approximate surface area is 123 Å². The number of pyridine rings is 1. The molecule has 0 spiro atoms. The Bertz CT molecular complexity index is 538. The van der Waals surface area contributed by atoms with Gasteiger partial charge in [-0.25, -0.2) is 0 Å². The van der Waals surface area contributed by atoms with Crippen LogP contribution in [0.3, 0.4) is 0 Å².